The van der Waals surface area contributed by atoms with E-state index in [1.54, 1.807) is 0 Å². The molecule has 1 aromatic heterocycles. The predicted octanol–water partition coefficient (Wildman–Crippen LogP) is 0.808. The maximum absolute atomic E-state index is 3.20. The van der Waals surface area contributed by atoms with Gasteiger partial charge in [-0.25, -0.2) is 0 Å². The highest BCUT2D eigenvalue weighted by Crippen LogP contribution is 2.19. The molecular formula is C10H18N4. The zero-order chi connectivity index (χ0) is 9.97. The average molecular weight is 194 g/mol. The molecule has 1 aromatic rings. The molecule has 0 atom stereocenters. The van der Waals surface area contributed by atoms with Crippen molar-refractivity contribution < 1.29 is 0 Å². The van der Waals surface area contributed by atoms with E-state index in [0.717, 1.165) is 32.0 Å². The number of nitrogens with zero attached hydrogens (tertiary/aromatic N) is 2. The number of hydrogen-bond donors (Lipinski definition) is 2. The Hall–Kier alpha value is -1.16. The van der Waals surface area contributed by atoms with E-state index >= 15 is 0 Å². The zero-order valence-electron chi connectivity index (χ0n) is 8.88. The molecule has 0 unspecified atom stereocenters. The Labute approximate surface area is 84.9 Å². The van der Waals surface area contributed by atoms with Gasteiger partial charge in [-0.05, 0) is 7.05 Å². The van der Waals surface area contributed by atoms with Crippen molar-refractivity contribution in [2.24, 2.45) is 0 Å². The van der Waals surface area contributed by atoms with E-state index in [1.807, 2.05) is 7.05 Å². The lowest BCUT2D eigenvalue weighted by atomic mass is 10.3. The van der Waals surface area contributed by atoms with E-state index in [4.69, 9.17) is 0 Å². The summed E-state index contributed by atoms with van der Waals surface area (Å²) in [5.41, 5.74) is 1.29. The summed E-state index contributed by atoms with van der Waals surface area (Å²) >= 11 is 0. The van der Waals surface area contributed by atoms with Crippen LogP contribution in [0.4, 0.5) is 11.5 Å². The third-order valence-corrected chi connectivity index (χ3v) is 2.81. The first-order valence-corrected chi connectivity index (χ1v) is 5.09. The van der Waals surface area contributed by atoms with Crippen molar-refractivity contribution in [1.82, 2.24) is 9.88 Å². The lowest BCUT2D eigenvalue weighted by Crippen LogP contribution is -2.44. The average Bonchev–Trinajstić information content (AvgIpc) is 2.67. The van der Waals surface area contributed by atoms with E-state index in [1.165, 1.54) is 5.69 Å². The summed E-state index contributed by atoms with van der Waals surface area (Å²) in [6.07, 6.45) is 2.07. The summed E-state index contributed by atoms with van der Waals surface area (Å²) in [6, 6.07) is 2.16. The van der Waals surface area contributed by atoms with Crippen LogP contribution in [0, 0.1) is 0 Å². The summed E-state index contributed by atoms with van der Waals surface area (Å²) in [5, 5.41) is 3.10. The van der Waals surface area contributed by atoms with Crippen LogP contribution in [0.1, 0.15) is 0 Å². The third-order valence-electron chi connectivity index (χ3n) is 2.81. The Morgan fingerprint density at radius 3 is 2.57 bits per heavy atom. The molecule has 2 rings (SSSR count). The second-order valence-corrected chi connectivity index (χ2v) is 3.81. The third kappa shape index (κ3) is 1.85. The van der Waals surface area contributed by atoms with E-state index in [0.29, 0.717) is 0 Å². The first-order valence-electron chi connectivity index (χ1n) is 5.09. The quantitative estimate of drug-likeness (QED) is 0.731. The highest BCUT2D eigenvalue weighted by Gasteiger charge is 2.14. The van der Waals surface area contributed by atoms with Gasteiger partial charge in [-0.1, -0.05) is 0 Å². The van der Waals surface area contributed by atoms with Crippen LogP contribution < -0.4 is 10.2 Å². The molecule has 0 aromatic carbocycles. The van der Waals surface area contributed by atoms with Crippen LogP contribution in [-0.4, -0.2) is 50.2 Å². The van der Waals surface area contributed by atoms with Gasteiger partial charge in [-0.3, -0.25) is 0 Å². The summed E-state index contributed by atoms with van der Waals surface area (Å²) in [5.74, 6) is 1.08. The van der Waals surface area contributed by atoms with Gasteiger partial charge in [-0.15, -0.1) is 0 Å². The minimum atomic E-state index is 1.08. The van der Waals surface area contributed by atoms with Gasteiger partial charge in [0, 0.05) is 45.5 Å². The molecule has 0 saturated carbocycles. The maximum atomic E-state index is 3.20. The normalized spacial score (nSPS) is 18.6. The van der Waals surface area contributed by atoms with Crippen LogP contribution in [0.5, 0.6) is 0 Å². The molecule has 14 heavy (non-hydrogen) atoms. The predicted molar refractivity (Wildman–Crippen MR) is 60.0 cm³/mol. The highest BCUT2D eigenvalue weighted by atomic mass is 15.3. The van der Waals surface area contributed by atoms with Crippen LogP contribution in [0.25, 0.3) is 0 Å². The molecule has 0 amide bonds. The molecule has 2 N–H and O–H groups in total. The van der Waals surface area contributed by atoms with E-state index in [-0.39, 0.29) is 0 Å². The standard InChI is InChI=1S/C10H18N4/c1-11-10-7-9(8-12-10)14-5-3-13(2)4-6-14/h7-8,11-12H,3-6H2,1-2H3. The SMILES string of the molecule is CNc1cc(N2CCN(C)CC2)c[nH]1. The summed E-state index contributed by atoms with van der Waals surface area (Å²) < 4.78 is 0. The molecule has 0 radical (unpaired) electrons. The van der Waals surface area contributed by atoms with Gasteiger partial charge in [0.15, 0.2) is 0 Å². The lowest BCUT2D eigenvalue weighted by molar-refractivity contribution is 0.313. The van der Waals surface area contributed by atoms with Gasteiger partial charge in [0.05, 0.1) is 5.69 Å². The highest BCUT2D eigenvalue weighted by molar-refractivity contribution is 5.55. The van der Waals surface area contributed by atoms with Crippen molar-refractivity contribution >= 4 is 11.5 Å². The molecule has 0 bridgehead atoms. The van der Waals surface area contributed by atoms with E-state index in [9.17, 15) is 0 Å². The van der Waals surface area contributed by atoms with Crippen LogP contribution >= 0.6 is 0 Å². The number of H-pyrrole nitrogens is 1. The molecule has 4 nitrogen and oxygen atoms in total. The fraction of sp³-hybridized carbons (Fsp3) is 0.600. The van der Waals surface area contributed by atoms with Crippen molar-refractivity contribution in [3.63, 3.8) is 0 Å². The minimum Gasteiger partial charge on any atom is -0.375 e. The number of aromatic nitrogens is 1. The van der Waals surface area contributed by atoms with Crippen LogP contribution in [0.3, 0.4) is 0 Å². The van der Waals surface area contributed by atoms with Crippen molar-refractivity contribution in [2.45, 2.75) is 0 Å². The molecule has 1 saturated heterocycles. The molecular weight excluding hydrogens is 176 g/mol. The summed E-state index contributed by atoms with van der Waals surface area (Å²) in [6.45, 7) is 4.55. The molecule has 4 heteroatoms. The smallest absolute Gasteiger partial charge is 0.105 e. The Kier molecular flexibility index (Phi) is 2.63. The summed E-state index contributed by atoms with van der Waals surface area (Å²) in [7, 11) is 4.10. The fourth-order valence-corrected chi connectivity index (χ4v) is 1.77. The summed E-state index contributed by atoms with van der Waals surface area (Å²) in [4.78, 5) is 7.97. The molecule has 1 aliphatic heterocycles. The molecule has 1 aliphatic rings. The Morgan fingerprint density at radius 1 is 1.29 bits per heavy atom. The maximum Gasteiger partial charge on any atom is 0.105 e. The van der Waals surface area contributed by atoms with Crippen molar-refractivity contribution in [3.05, 3.63) is 12.3 Å². The number of aromatic amines is 1. The van der Waals surface area contributed by atoms with Crippen molar-refractivity contribution in [3.8, 4) is 0 Å². The van der Waals surface area contributed by atoms with Gasteiger partial charge in [-0.2, -0.15) is 0 Å². The van der Waals surface area contributed by atoms with Crippen LogP contribution in [0.15, 0.2) is 12.3 Å². The topological polar surface area (TPSA) is 34.3 Å². The van der Waals surface area contributed by atoms with Gasteiger partial charge in [0.2, 0.25) is 0 Å². The van der Waals surface area contributed by atoms with Crippen molar-refractivity contribution in [1.29, 1.82) is 0 Å². The molecule has 0 aliphatic carbocycles. The second kappa shape index (κ2) is 3.92. The van der Waals surface area contributed by atoms with E-state index in [2.05, 4.69) is 39.4 Å². The number of piperazine rings is 1. The molecule has 0 spiro atoms. The first kappa shape index (κ1) is 9.40. The molecule has 78 valence electrons. The van der Waals surface area contributed by atoms with E-state index < -0.39 is 0 Å². The van der Waals surface area contributed by atoms with Gasteiger partial charge >= 0.3 is 0 Å². The number of likely N-dealkylation sites (N-methyl/N-ethyl adjacent to an activating group) is 1. The number of nitrogens with one attached hydrogen (secondary N) is 2. The van der Waals surface area contributed by atoms with Gasteiger partial charge in [0.1, 0.15) is 5.82 Å². The molecule has 2 heterocycles. The number of anilines is 2. The largest absolute Gasteiger partial charge is 0.375 e. The minimum absolute atomic E-state index is 1.08. The zero-order valence-corrected chi connectivity index (χ0v) is 8.88. The monoisotopic (exact) mass is 194 g/mol. The first-order chi connectivity index (χ1) is 6.79. The number of rotatable bonds is 2. The fourth-order valence-electron chi connectivity index (χ4n) is 1.77. The Morgan fingerprint density at radius 2 is 2.00 bits per heavy atom. The Bertz CT molecular complexity index is 286. The van der Waals surface area contributed by atoms with Crippen LogP contribution in [-0.2, 0) is 0 Å². The number of hydrogen-bond acceptors (Lipinski definition) is 3. The van der Waals surface area contributed by atoms with Crippen LogP contribution in [0.2, 0.25) is 0 Å². The lowest BCUT2D eigenvalue weighted by Gasteiger charge is -2.33. The second-order valence-electron chi connectivity index (χ2n) is 3.81. The van der Waals surface area contributed by atoms with Crippen molar-refractivity contribution in [2.75, 3.05) is 50.5 Å². The van der Waals surface area contributed by atoms with Gasteiger partial charge < -0.3 is 20.1 Å². The van der Waals surface area contributed by atoms with Gasteiger partial charge in [0.25, 0.3) is 0 Å². The Balaban J connectivity index is 2.01. The molecule has 1 fully saturated rings.